The van der Waals surface area contributed by atoms with Crippen LogP contribution >= 0.6 is 0 Å². The summed E-state index contributed by atoms with van der Waals surface area (Å²) in [5, 5.41) is 1.37. The van der Waals surface area contributed by atoms with Crippen molar-refractivity contribution in [3.8, 4) is 0 Å². The van der Waals surface area contributed by atoms with Crippen LogP contribution < -0.4 is 17.3 Å². The Hall–Kier alpha value is -1.69. The zero-order valence-corrected chi connectivity index (χ0v) is 6.44. The lowest BCUT2D eigenvalue weighted by Gasteiger charge is -2.23. The number of amidine groups is 1. The van der Waals surface area contributed by atoms with E-state index in [1.165, 1.54) is 5.01 Å². The summed E-state index contributed by atoms with van der Waals surface area (Å²) in [6.07, 6.45) is 3.32. The molecule has 2 aliphatic heterocycles. The Morgan fingerprint density at radius 2 is 2.17 bits per heavy atom. The van der Waals surface area contributed by atoms with Crippen molar-refractivity contribution in [2.24, 2.45) is 22.3 Å². The van der Waals surface area contributed by atoms with E-state index < -0.39 is 0 Å². The number of fused-ring (bicyclic) bond motifs is 1. The summed E-state index contributed by atoms with van der Waals surface area (Å²) in [4.78, 5) is 5.78. The van der Waals surface area contributed by atoms with Gasteiger partial charge in [-0.25, -0.2) is 15.8 Å². The maximum absolute atomic E-state index is 5.60. The van der Waals surface area contributed by atoms with Crippen LogP contribution in [0.1, 0.15) is 0 Å². The van der Waals surface area contributed by atoms with Crippen LogP contribution in [0.25, 0.3) is 0 Å². The maximum Gasteiger partial charge on any atom is 0.148 e. The first-order valence-corrected chi connectivity index (χ1v) is 3.49. The molecule has 12 heavy (non-hydrogen) atoms. The van der Waals surface area contributed by atoms with Gasteiger partial charge < -0.3 is 16.4 Å². The van der Waals surface area contributed by atoms with Gasteiger partial charge in [-0.05, 0) is 0 Å². The monoisotopic (exact) mass is 166 g/mol. The molecule has 0 aromatic carbocycles. The Bertz CT molecular complexity index is 301. The van der Waals surface area contributed by atoms with Crippen molar-refractivity contribution in [2.75, 3.05) is 6.54 Å². The van der Waals surface area contributed by atoms with Gasteiger partial charge in [-0.1, -0.05) is 0 Å². The van der Waals surface area contributed by atoms with Gasteiger partial charge in [0.15, 0.2) is 0 Å². The average molecular weight is 166 g/mol. The molecule has 2 heterocycles. The van der Waals surface area contributed by atoms with Crippen molar-refractivity contribution in [3.05, 3.63) is 24.0 Å². The van der Waals surface area contributed by atoms with E-state index in [2.05, 4.69) is 4.99 Å². The summed E-state index contributed by atoms with van der Waals surface area (Å²) in [6, 6.07) is 0. The lowest BCUT2D eigenvalue weighted by molar-refractivity contribution is 0.368. The van der Waals surface area contributed by atoms with Crippen LogP contribution in [0.5, 0.6) is 0 Å². The third-order valence-corrected chi connectivity index (χ3v) is 1.79. The summed E-state index contributed by atoms with van der Waals surface area (Å²) in [5.41, 5.74) is 11.1. The number of nitrogens with zero attached hydrogens (tertiary/aromatic N) is 3. The van der Waals surface area contributed by atoms with E-state index in [9.17, 15) is 0 Å². The SMILES string of the molecule is NC1=CN2CC(N)=NC=C2N1N. The summed E-state index contributed by atoms with van der Waals surface area (Å²) >= 11 is 0. The number of nitrogens with two attached hydrogens (primary N) is 3. The van der Waals surface area contributed by atoms with Gasteiger partial charge in [0.1, 0.15) is 17.5 Å². The highest BCUT2D eigenvalue weighted by Crippen LogP contribution is 2.20. The Morgan fingerprint density at radius 1 is 1.42 bits per heavy atom. The molecular weight excluding hydrogens is 156 g/mol. The zero-order valence-electron chi connectivity index (χ0n) is 6.44. The average Bonchev–Trinajstić information content (AvgIpc) is 2.28. The predicted molar refractivity (Wildman–Crippen MR) is 44.7 cm³/mol. The van der Waals surface area contributed by atoms with Crippen molar-refractivity contribution >= 4 is 5.84 Å². The Balaban J connectivity index is 2.34. The van der Waals surface area contributed by atoms with Crippen molar-refractivity contribution in [1.82, 2.24) is 9.91 Å². The van der Waals surface area contributed by atoms with Crippen LogP contribution in [0.15, 0.2) is 29.0 Å². The van der Waals surface area contributed by atoms with Gasteiger partial charge in [0.25, 0.3) is 0 Å². The molecule has 0 atom stereocenters. The lowest BCUT2D eigenvalue weighted by Crippen LogP contribution is -2.37. The normalized spacial score (nSPS) is 21.6. The van der Waals surface area contributed by atoms with Crippen LogP contribution in [-0.2, 0) is 0 Å². The van der Waals surface area contributed by atoms with E-state index in [1.807, 2.05) is 4.90 Å². The van der Waals surface area contributed by atoms with Crippen molar-refractivity contribution < 1.29 is 0 Å². The quantitative estimate of drug-likeness (QED) is 0.377. The molecule has 6 N–H and O–H groups in total. The lowest BCUT2D eigenvalue weighted by atomic mass is 10.4. The molecule has 0 saturated carbocycles. The fraction of sp³-hybridized carbons (Fsp3) is 0.167. The fourth-order valence-electron chi connectivity index (χ4n) is 1.18. The number of aliphatic imine (C=N–C) groups is 1. The zero-order chi connectivity index (χ0) is 8.72. The standard InChI is InChI=1S/C6H10N6/c7-4-2-11-3-5(8)12(9)6(11)1-10-4/h1,3H,2,8-9H2,(H2,7,10). The van der Waals surface area contributed by atoms with E-state index >= 15 is 0 Å². The van der Waals surface area contributed by atoms with Gasteiger partial charge >= 0.3 is 0 Å². The highest BCUT2D eigenvalue weighted by atomic mass is 15.6. The van der Waals surface area contributed by atoms with E-state index in [0.29, 0.717) is 18.2 Å². The van der Waals surface area contributed by atoms with E-state index in [1.54, 1.807) is 12.4 Å². The van der Waals surface area contributed by atoms with Gasteiger partial charge in [-0.15, -0.1) is 0 Å². The second-order valence-electron chi connectivity index (χ2n) is 2.66. The molecule has 0 aromatic rings. The van der Waals surface area contributed by atoms with Gasteiger partial charge in [0, 0.05) is 6.20 Å². The second kappa shape index (κ2) is 2.15. The number of rotatable bonds is 0. The number of hydrogen-bond donors (Lipinski definition) is 3. The summed E-state index contributed by atoms with van der Waals surface area (Å²) < 4.78 is 0. The smallest absolute Gasteiger partial charge is 0.148 e. The minimum Gasteiger partial charge on any atom is -0.386 e. The molecule has 0 amide bonds. The first kappa shape index (κ1) is 6.99. The van der Waals surface area contributed by atoms with Crippen LogP contribution in [0.3, 0.4) is 0 Å². The van der Waals surface area contributed by atoms with Crippen LogP contribution in [0, 0.1) is 0 Å². The molecule has 0 unspecified atom stereocenters. The highest BCUT2D eigenvalue weighted by molar-refractivity contribution is 5.84. The van der Waals surface area contributed by atoms with Gasteiger partial charge in [0.2, 0.25) is 0 Å². The molecule has 0 bridgehead atoms. The van der Waals surface area contributed by atoms with Crippen molar-refractivity contribution in [3.63, 3.8) is 0 Å². The molecule has 0 radical (unpaired) electrons. The Morgan fingerprint density at radius 3 is 2.92 bits per heavy atom. The van der Waals surface area contributed by atoms with E-state index in [0.717, 1.165) is 5.82 Å². The summed E-state index contributed by atoms with van der Waals surface area (Å²) in [5.74, 6) is 7.40. The maximum atomic E-state index is 5.60. The largest absolute Gasteiger partial charge is 0.386 e. The molecule has 0 saturated heterocycles. The van der Waals surface area contributed by atoms with Gasteiger partial charge in [-0.3, -0.25) is 0 Å². The first-order valence-electron chi connectivity index (χ1n) is 3.49. The van der Waals surface area contributed by atoms with E-state index in [4.69, 9.17) is 17.3 Å². The molecule has 6 nitrogen and oxygen atoms in total. The summed E-state index contributed by atoms with van der Waals surface area (Å²) in [7, 11) is 0. The third kappa shape index (κ3) is 0.817. The topological polar surface area (TPSA) is 96.9 Å². The number of hydrogen-bond acceptors (Lipinski definition) is 6. The minimum absolute atomic E-state index is 0.492. The van der Waals surface area contributed by atoms with Crippen LogP contribution in [0.4, 0.5) is 0 Å². The van der Waals surface area contributed by atoms with Gasteiger partial charge in [0.05, 0.1) is 12.7 Å². The Kier molecular flexibility index (Phi) is 1.25. The van der Waals surface area contributed by atoms with Crippen LogP contribution in [-0.4, -0.2) is 22.3 Å². The molecule has 0 aromatic heterocycles. The van der Waals surface area contributed by atoms with E-state index in [-0.39, 0.29) is 0 Å². The molecular formula is C6H10N6. The van der Waals surface area contributed by atoms with Gasteiger partial charge in [-0.2, -0.15) is 0 Å². The third-order valence-electron chi connectivity index (χ3n) is 1.79. The second-order valence-corrected chi connectivity index (χ2v) is 2.66. The molecule has 64 valence electrons. The van der Waals surface area contributed by atoms with Crippen LogP contribution in [0.2, 0.25) is 0 Å². The molecule has 2 aliphatic rings. The highest BCUT2D eigenvalue weighted by Gasteiger charge is 2.25. The number of hydrazine groups is 1. The molecule has 0 aliphatic carbocycles. The molecule has 0 spiro atoms. The van der Waals surface area contributed by atoms with Crippen molar-refractivity contribution in [2.45, 2.75) is 0 Å². The molecule has 2 rings (SSSR count). The Labute approximate surface area is 69.6 Å². The molecule has 6 heteroatoms. The minimum atomic E-state index is 0.492. The first-order chi connectivity index (χ1) is 5.68. The predicted octanol–water partition coefficient (Wildman–Crippen LogP) is -1.59. The van der Waals surface area contributed by atoms with Crippen molar-refractivity contribution in [1.29, 1.82) is 0 Å². The molecule has 0 fully saturated rings. The fourth-order valence-corrected chi connectivity index (χ4v) is 1.18. The summed E-state index contributed by atoms with van der Waals surface area (Å²) in [6.45, 7) is 0.542.